The standard InChI is InChI=1S/C16H17ClN2O4/c1-16(2,3)23-15(21)12-9-18-19(13(12)17)11-7-5-10(6-8-11)14(20)22-4/h5-9H,1-4H3. The van der Waals surface area contributed by atoms with E-state index in [1.807, 2.05) is 0 Å². The van der Waals surface area contributed by atoms with Gasteiger partial charge in [-0.05, 0) is 45.0 Å². The normalized spacial score (nSPS) is 11.2. The maximum Gasteiger partial charge on any atom is 0.343 e. The number of aromatic nitrogens is 2. The van der Waals surface area contributed by atoms with Crippen LogP contribution in [-0.4, -0.2) is 34.4 Å². The molecule has 0 unspecified atom stereocenters. The summed E-state index contributed by atoms with van der Waals surface area (Å²) < 4.78 is 11.3. The van der Waals surface area contributed by atoms with Gasteiger partial charge in [0.25, 0.3) is 0 Å². The molecule has 0 aliphatic carbocycles. The Hall–Kier alpha value is -2.34. The molecule has 0 amide bonds. The van der Waals surface area contributed by atoms with Gasteiger partial charge >= 0.3 is 11.9 Å². The molecule has 0 atom stereocenters. The van der Waals surface area contributed by atoms with Crippen LogP contribution in [0.1, 0.15) is 41.5 Å². The number of carbonyl (C=O) groups excluding carboxylic acids is 2. The Morgan fingerprint density at radius 2 is 1.74 bits per heavy atom. The highest BCUT2D eigenvalue weighted by atomic mass is 35.5. The largest absolute Gasteiger partial charge is 0.465 e. The molecule has 0 saturated carbocycles. The summed E-state index contributed by atoms with van der Waals surface area (Å²) in [6, 6.07) is 6.49. The molecule has 0 aliphatic rings. The number of methoxy groups -OCH3 is 1. The molecule has 2 aromatic rings. The van der Waals surface area contributed by atoms with Crippen LogP contribution in [0.5, 0.6) is 0 Å². The van der Waals surface area contributed by atoms with Crippen LogP contribution in [0.3, 0.4) is 0 Å². The lowest BCUT2D eigenvalue weighted by atomic mass is 10.2. The fourth-order valence-electron chi connectivity index (χ4n) is 1.84. The van der Waals surface area contributed by atoms with Crippen LogP contribution < -0.4 is 0 Å². The summed E-state index contributed by atoms with van der Waals surface area (Å²) in [5, 5.41) is 4.24. The second-order valence-electron chi connectivity index (χ2n) is 5.80. The van der Waals surface area contributed by atoms with Crippen molar-refractivity contribution in [2.75, 3.05) is 7.11 Å². The summed E-state index contributed by atoms with van der Waals surface area (Å²) in [7, 11) is 1.31. The zero-order valence-electron chi connectivity index (χ0n) is 13.3. The van der Waals surface area contributed by atoms with Gasteiger partial charge in [0, 0.05) is 0 Å². The van der Waals surface area contributed by atoms with E-state index < -0.39 is 17.5 Å². The van der Waals surface area contributed by atoms with Crippen LogP contribution in [0.2, 0.25) is 5.15 Å². The van der Waals surface area contributed by atoms with Crippen LogP contribution >= 0.6 is 11.6 Å². The van der Waals surface area contributed by atoms with Crippen molar-refractivity contribution in [2.45, 2.75) is 26.4 Å². The van der Waals surface area contributed by atoms with Gasteiger partial charge in [-0.2, -0.15) is 5.10 Å². The summed E-state index contributed by atoms with van der Waals surface area (Å²) in [5.74, 6) is -0.975. The Bertz CT molecular complexity index is 730. The summed E-state index contributed by atoms with van der Waals surface area (Å²) in [6.45, 7) is 5.32. The molecule has 0 fully saturated rings. The Balaban J connectivity index is 2.28. The van der Waals surface area contributed by atoms with Gasteiger partial charge in [-0.15, -0.1) is 0 Å². The van der Waals surface area contributed by atoms with E-state index in [-0.39, 0.29) is 10.7 Å². The first kappa shape index (κ1) is 17.0. The summed E-state index contributed by atoms with van der Waals surface area (Å²) in [5.41, 5.74) is 0.577. The fraction of sp³-hybridized carbons (Fsp3) is 0.312. The molecule has 1 aromatic carbocycles. The minimum absolute atomic E-state index is 0.144. The lowest BCUT2D eigenvalue weighted by Gasteiger charge is -2.18. The molecular weight excluding hydrogens is 320 g/mol. The number of nitrogens with zero attached hydrogens (tertiary/aromatic N) is 2. The Morgan fingerprint density at radius 1 is 1.13 bits per heavy atom. The van der Waals surface area contributed by atoms with E-state index in [9.17, 15) is 9.59 Å². The predicted molar refractivity (Wildman–Crippen MR) is 85.1 cm³/mol. The lowest BCUT2D eigenvalue weighted by Crippen LogP contribution is -2.23. The van der Waals surface area contributed by atoms with Crippen LogP contribution in [0.25, 0.3) is 5.69 Å². The van der Waals surface area contributed by atoms with Crippen molar-refractivity contribution in [2.24, 2.45) is 0 Å². The molecule has 0 N–H and O–H groups in total. The van der Waals surface area contributed by atoms with Gasteiger partial charge in [0.2, 0.25) is 0 Å². The number of benzene rings is 1. The second-order valence-corrected chi connectivity index (χ2v) is 6.16. The highest BCUT2D eigenvalue weighted by Crippen LogP contribution is 2.23. The molecule has 1 aromatic heterocycles. The van der Waals surface area contributed by atoms with E-state index in [0.29, 0.717) is 11.3 Å². The van der Waals surface area contributed by atoms with Crippen molar-refractivity contribution >= 4 is 23.5 Å². The average molecular weight is 337 g/mol. The fourth-order valence-corrected chi connectivity index (χ4v) is 2.11. The zero-order valence-corrected chi connectivity index (χ0v) is 14.0. The maximum atomic E-state index is 12.1. The maximum absolute atomic E-state index is 12.1. The third-order valence-corrected chi connectivity index (χ3v) is 3.23. The zero-order chi connectivity index (χ0) is 17.2. The molecule has 0 radical (unpaired) electrons. The van der Waals surface area contributed by atoms with Crippen LogP contribution in [-0.2, 0) is 9.47 Å². The molecule has 0 saturated heterocycles. The van der Waals surface area contributed by atoms with Gasteiger partial charge in [-0.1, -0.05) is 11.6 Å². The first-order valence-electron chi connectivity index (χ1n) is 6.88. The SMILES string of the molecule is COC(=O)c1ccc(-n2ncc(C(=O)OC(C)(C)C)c2Cl)cc1. The van der Waals surface area contributed by atoms with E-state index in [1.165, 1.54) is 18.0 Å². The van der Waals surface area contributed by atoms with Gasteiger partial charge in [0.05, 0.1) is 24.6 Å². The minimum atomic E-state index is -0.620. The van der Waals surface area contributed by atoms with E-state index in [1.54, 1.807) is 45.0 Å². The summed E-state index contributed by atoms with van der Waals surface area (Å²) in [6.07, 6.45) is 1.35. The summed E-state index contributed by atoms with van der Waals surface area (Å²) in [4.78, 5) is 23.5. The molecule has 23 heavy (non-hydrogen) atoms. The number of halogens is 1. The molecule has 122 valence electrons. The Kier molecular flexibility index (Phi) is 4.75. The van der Waals surface area contributed by atoms with Gasteiger partial charge in [-0.25, -0.2) is 14.3 Å². The van der Waals surface area contributed by atoms with Crippen LogP contribution in [0.15, 0.2) is 30.5 Å². The van der Waals surface area contributed by atoms with E-state index in [0.717, 1.165) is 0 Å². The van der Waals surface area contributed by atoms with E-state index in [2.05, 4.69) is 9.84 Å². The van der Waals surface area contributed by atoms with Crippen molar-refractivity contribution < 1.29 is 19.1 Å². The lowest BCUT2D eigenvalue weighted by molar-refractivity contribution is 0.00695. The molecule has 0 spiro atoms. The number of hydrogen-bond donors (Lipinski definition) is 0. The van der Waals surface area contributed by atoms with Gasteiger partial charge in [0.15, 0.2) is 0 Å². The van der Waals surface area contributed by atoms with Gasteiger partial charge < -0.3 is 9.47 Å². The van der Waals surface area contributed by atoms with Crippen LogP contribution in [0, 0.1) is 0 Å². The molecule has 0 bridgehead atoms. The number of ether oxygens (including phenoxy) is 2. The number of carbonyl (C=O) groups is 2. The predicted octanol–water partition coefficient (Wildman–Crippen LogP) is 3.27. The molecule has 7 heteroatoms. The number of hydrogen-bond acceptors (Lipinski definition) is 5. The third kappa shape index (κ3) is 3.90. The molecule has 2 rings (SSSR count). The highest BCUT2D eigenvalue weighted by Gasteiger charge is 2.23. The van der Waals surface area contributed by atoms with Crippen molar-refractivity contribution in [3.8, 4) is 5.69 Å². The molecular formula is C16H17ClN2O4. The first-order valence-corrected chi connectivity index (χ1v) is 7.26. The number of esters is 2. The minimum Gasteiger partial charge on any atom is -0.465 e. The quantitative estimate of drug-likeness (QED) is 0.804. The van der Waals surface area contributed by atoms with Gasteiger partial charge in [-0.3, -0.25) is 0 Å². The number of rotatable bonds is 3. The highest BCUT2D eigenvalue weighted by molar-refractivity contribution is 6.32. The Labute approximate surface area is 139 Å². The second kappa shape index (κ2) is 6.42. The van der Waals surface area contributed by atoms with E-state index in [4.69, 9.17) is 16.3 Å². The van der Waals surface area contributed by atoms with Crippen molar-refractivity contribution in [1.82, 2.24) is 9.78 Å². The van der Waals surface area contributed by atoms with E-state index >= 15 is 0 Å². The first-order chi connectivity index (χ1) is 10.7. The monoisotopic (exact) mass is 336 g/mol. The average Bonchev–Trinajstić information content (AvgIpc) is 2.86. The Morgan fingerprint density at radius 3 is 2.26 bits per heavy atom. The topological polar surface area (TPSA) is 70.4 Å². The van der Waals surface area contributed by atoms with Crippen LogP contribution in [0.4, 0.5) is 0 Å². The smallest absolute Gasteiger partial charge is 0.343 e. The van der Waals surface area contributed by atoms with Crippen molar-refractivity contribution in [1.29, 1.82) is 0 Å². The molecule has 0 aliphatic heterocycles. The van der Waals surface area contributed by atoms with Gasteiger partial charge in [0.1, 0.15) is 16.3 Å². The molecule has 1 heterocycles. The van der Waals surface area contributed by atoms with Crippen molar-refractivity contribution in [3.63, 3.8) is 0 Å². The molecule has 6 nitrogen and oxygen atoms in total. The van der Waals surface area contributed by atoms with Crippen molar-refractivity contribution in [3.05, 3.63) is 46.7 Å². The third-order valence-electron chi connectivity index (χ3n) is 2.86. The summed E-state index contributed by atoms with van der Waals surface area (Å²) >= 11 is 6.22.